The van der Waals surface area contributed by atoms with Crippen LogP contribution < -0.4 is 5.73 Å². The van der Waals surface area contributed by atoms with Crippen LogP contribution in [0.15, 0.2) is 24.3 Å². The van der Waals surface area contributed by atoms with E-state index in [2.05, 4.69) is 70.8 Å². The zero-order valence-electron chi connectivity index (χ0n) is 14.1. The molecule has 0 amide bonds. The van der Waals surface area contributed by atoms with Gasteiger partial charge in [0.25, 0.3) is 0 Å². The van der Waals surface area contributed by atoms with E-state index < -0.39 is 0 Å². The molecule has 2 heteroatoms. The molecule has 1 rings (SSSR count). The van der Waals surface area contributed by atoms with Gasteiger partial charge in [0.2, 0.25) is 0 Å². The Bertz CT molecular complexity index is 389. The third kappa shape index (κ3) is 5.26. The summed E-state index contributed by atoms with van der Waals surface area (Å²) in [6, 6.07) is 8.89. The normalized spacial score (nSPS) is 15.4. The minimum Gasteiger partial charge on any atom is -0.323 e. The molecular weight excluding hydrogens is 244 g/mol. The summed E-state index contributed by atoms with van der Waals surface area (Å²) in [4.78, 5) is 2.34. The number of hydrogen-bond donors (Lipinski definition) is 1. The fraction of sp³-hybridized carbons (Fsp3) is 0.667. The van der Waals surface area contributed by atoms with Crippen LogP contribution in [-0.4, -0.2) is 25.0 Å². The van der Waals surface area contributed by atoms with E-state index in [9.17, 15) is 0 Å². The van der Waals surface area contributed by atoms with Crippen molar-refractivity contribution in [2.45, 2.75) is 52.5 Å². The van der Waals surface area contributed by atoms with Crippen LogP contribution in [0.4, 0.5) is 0 Å². The van der Waals surface area contributed by atoms with Crippen LogP contribution >= 0.6 is 0 Å². The van der Waals surface area contributed by atoms with Crippen LogP contribution in [0.1, 0.15) is 58.2 Å². The van der Waals surface area contributed by atoms with E-state index in [0.717, 1.165) is 19.0 Å². The lowest BCUT2D eigenvalue weighted by molar-refractivity contribution is 0.267. The van der Waals surface area contributed by atoms with E-state index >= 15 is 0 Å². The predicted molar refractivity (Wildman–Crippen MR) is 89.0 cm³/mol. The number of hydrogen-bond acceptors (Lipinski definition) is 2. The maximum atomic E-state index is 6.33. The quantitative estimate of drug-likeness (QED) is 0.852. The number of nitrogens with zero attached hydrogens (tertiary/aromatic N) is 1. The number of likely N-dealkylation sites (N-methyl/N-ethyl adjacent to an activating group) is 1. The molecular formula is C18H32N2. The molecule has 20 heavy (non-hydrogen) atoms. The molecule has 0 heterocycles. The molecule has 2 atom stereocenters. The highest BCUT2D eigenvalue weighted by Gasteiger charge is 2.15. The van der Waals surface area contributed by atoms with Crippen LogP contribution in [0, 0.1) is 5.92 Å². The Kier molecular flexibility index (Phi) is 6.22. The first-order chi connectivity index (χ1) is 9.24. The third-order valence-electron chi connectivity index (χ3n) is 4.03. The molecule has 0 spiro atoms. The van der Waals surface area contributed by atoms with Crippen molar-refractivity contribution in [1.29, 1.82) is 0 Å². The SMILES string of the molecule is CCC(C)CN(C)CC(N)c1ccc(C(C)(C)C)cc1. The van der Waals surface area contributed by atoms with Gasteiger partial charge in [-0.25, -0.2) is 0 Å². The topological polar surface area (TPSA) is 29.3 Å². The van der Waals surface area contributed by atoms with Crippen molar-refractivity contribution in [1.82, 2.24) is 4.90 Å². The molecule has 0 radical (unpaired) electrons. The Hall–Kier alpha value is -0.860. The van der Waals surface area contributed by atoms with Crippen LogP contribution in [-0.2, 0) is 5.41 Å². The van der Waals surface area contributed by atoms with Crippen molar-refractivity contribution >= 4 is 0 Å². The van der Waals surface area contributed by atoms with Gasteiger partial charge >= 0.3 is 0 Å². The molecule has 0 saturated carbocycles. The Morgan fingerprint density at radius 1 is 1.10 bits per heavy atom. The monoisotopic (exact) mass is 276 g/mol. The van der Waals surface area contributed by atoms with Gasteiger partial charge in [0.05, 0.1) is 0 Å². The highest BCUT2D eigenvalue weighted by Crippen LogP contribution is 2.23. The van der Waals surface area contributed by atoms with Gasteiger partial charge < -0.3 is 10.6 Å². The zero-order valence-corrected chi connectivity index (χ0v) is 14.1. The van der Waals surface area contributed by atoms with Crippen molar-refractivity contribution < 1.29 is 0 Å². The molecule has 0 fully saturated rings. The van der Waals surface area contributed by atoms with Crippen LogP contribution in [0.5, 0.6) is 0 Å². The second kappa shape index (κ2) is 7.24. The van der Waals surface area contributed by atoms with E-state index in [1.165, 1.54) is 17.5 Å². The van der Waals surface area contributed by atoms with Crippen LogP contribution in [0.25, 0.3) is 0 Å². The van der Waals surface area contributed by atoms with Crippen LogP contribution in [0.3, 0.4) is 0 Å². The lowest BCUT2D eigenvalue weighted by Gasteiger charge is -2.25. The lowest BCUT2D eigenvalue weighted by Crippen LogP contribution is -2.32. The molecule has 2 unspecified atom stereocenters. The standard InChI is InChI=1S/C18H32N2/c1-7-14(2)12-20(6)13-17(19)15-8-10-16(11-9-15)18(3,4)5/h8-11,14,17H,7,12-13,19H2,1-6H3. The second-order valence-electron chi connectivity index (χ2n) is 7.21. The van der Waals surface area contributed by atoms with Crippen molar-refractivity contribution in [3.05, 3.63) is 35.4 Å². The Morgan fingerprint density at radius 3 is 2.10 bits per heavy atom. The minimum absolute atomic E-state index is 0.0954. The van der Waals surface area contributed by atoms with Crippen molar-refractivity contribution in [2.24, 2.45) is 11.7 Å². The summed E-state index contributed by atoms with van der Waals surface area (Å²) in [5.41, 5.74) is 9.13. The Labute approximate surface area is 125 Å². The molecule has 2 nitrogen and oxygen atoms in total. The molecule has 0 aliphatic rings. The molecule has 114 valence electrons. The molecule has 0 aliphatic heterocycles. The van der Waals surface area contributed by atoms with Gasteiger partial charge in [0.15, 0.2) is 0 Å². The van der Waals surface area contributed by atoms with Gasteiger partial charge in [-0.3, -0.25) is 0 Å². The number of rotatable bonds is 6. The van der Waals surface area contributed by atoms with E-state index in [4.69, 9.17) is 5.73 Å². The molecule has 1 aromatic carbocycles. The first-order valence-corrected chi connectivity index (χ1v) is 7.78. The van der Waals surface area contributed by atoms with Crippen molar-refractivity contribution in [3.8, 4) is 0 Å². The maximum absolute atomic E-state index is 6.33. The van der Waals surface area contributed by atoms with Gasteiger partial charge in [-0.15, -0.1) is 0 Å². The third-order valence-corrected chi connectivity index (χ3v) is 4.03. The van der Waals surface area contributed by atoms with Crippen LogP contribution in [0.2, 0.25) is 0 Å². The lowest BCUT2D eigenvalue weighted by atomic mass is 9.86. The highest BCUT2D eigenvalue weighted by atomic mass is 15.1. The Morgan fingerprint density at radius 2 is 1.65 bits per heavy atom. The first kappa shape index (κ1) is 17.2. The fourth-order valence-electron chi connectivity index (χ4n) is 2.41. The van der Waals surface area contributed by atoms with E-state index in [1.54, 1.807) is 0 Å². The van der Waals surface area contributed by atoms with Gasteiger partial charge in [0, 0.05) is 19.1 Å². The summed E-state index contributed by atoms with van der Waals surface area (Å²) in [5, 5.41) is 0. The summed E-state index contributed by atoms with van der Waals surface area (Å²) in [7, 11) is 2.16. The summed E-state index contributed by atoms with van der Waals surface area (Å²) in [6.45, 7) is 13.3. The molecule has 0 aromatic heterocycles. The number of nitrogens with two attached hydrogens (primary N) is 1. The van der Waals surface area contributed by atoms with Gasteiger partial charge in [0.1, 0.15) is 0 Å². The Balaban J connectivity index is 2.62. The minimum atomic E-state index is 0.0954. The smallest absolute Gasteiger partial charge is 0.0424 e. The zero-order chi connectivity index (χ0) is 15.3. The summed E-state index contributed by atoms with van der Waals surface area (Å²) >= 11 is 0. The fourth-order valence-corrected chi connectivity index (χ4v) is 2.41. The molecule has 0 saturated heterocycles. The van der Waals surface area contributed by atoms with Crippen molar-refractivity contribution in [3.63, 3.8) is 0 Å². The number of benzene rings is 1. The first-order valence-electron chi connectivity index (χ1n) is 7.78. The van der Waals surface area contributed by atoms with Gasteiger partial charge in [-0.05, 0) is 29.5 Å². The predicted octanol–water partition coefficient (Wildman–Crippen LogP) is 3.96. The average Bonchev–Trinajstić information content (AvgIpc) is 2.37. The largest absolute Gasteiger partial charge is 0.323 e. The van der Waals surface area contributed by atoms with E-state index in [1.807, 2.05) is 0 Å². The summed E-state index contributed by atoms with van der Waals surface area (Å²) < 4.78 is 0. The molecule has 0 bridgehead atoms. The van der Waals surface area contributed by atoms with Gasteiger partial charge in [-0.1, -0.05) is 65.3 Å². The summed E-state index contributed by atoms with van der Waals surface area (Å²) in [6.07, 6.45) is 1.22. The molecule has 0 aliphatic carbocycles. The summed E-state index contributed by atoms with van der Waals surface area (Å²) in [5.74, 6) is 0.732. The van der Waals surface area contributed by atoms with E-state index in [0.29, 0.717) is 0 Å². The average molecular weight is 276 g/mol. The second-order valence-corrected chi connectivity index (χ2v) is 7.21. The van der Waals surface area contributed by atoms with Crippen molar-refractivity contribution in [2.75, 3.05) is 20.1 Å². The molecule has 1 aromatic rings. The van der Waals surface area contributed by atoms with E-state index in [-0.39, 0.29) is 11.5 Å². The highest BCUT2D eigenvalue weighted by molar-refractivity contribution is 5.29. The van der Waals surface area contributed by atoms with Gasteiger partial charge in [-0.2, -0.15) is 0 Å². The maximum Gasteiger partial charge on any atom is 0.0424 e. The molecule has 2 N–H and O–H groups in total.